The number of aryl methyl sites for hydroxylation is 1. The maximum absolute atomic E-state index is 12.1. The molecule has 0 aromatic carbocycles. The van der Waals surface area contributed by atoms with E-state index in [1.54, 1.807) is 6.92 Å². The van der Waals surface area contributed by atoms with Crippen LogP contribution >= 0.6 is 11.3 Å². The van der Waals surface area contributed by atoms with Crippen LogP contribution in [0.15, 0.2) is 0 Å². The minimum Gasteiger partial charge on any atom is -0.480 e. The number of carboxylic acids is 1. The quantitative estimate of drug-likeness (QED) is 0.862. The van der Waals surface area contributed by atoms with Crippen molar-refractivity contribution in [3.63, 3.8) is 0 Å². The highest BCUT2D eigenvalue weighted by Gasteiger charge is 2.26. The Labute approximate surface area is 122 Å². The summed E-state index contributed by atoms with van der Waals surface area (Å²) in [6, 6.07) is -1.06. The molecule has 1 atom stereocenters. The van der Waals surface area contributed by atoms with E-state index in [0.29, 0.717) is 10.6 Å². The molecule has 0 radical (unpaired) electrons. The molecule has 1 amide bonds. The molecule has 0 aliphatic rings. The van der Waals surface area contributed by atoms with Crippen LogP contribution in [-0.2, 0) is 14.9 Å². The predicted molar refractivity (Wildman–Crippen MR) is 76.3 cm³/mol. The zero-order valence-corrected chi connectivity index (χ0v) is 13.1. The molecule has 0 bridgehead atoms. The monoisotopic (exact) mass is 300 g/mol. The van der Waals surface area contributed by atoms with E-state index in [9.17, 15) is 9.59 Å². The van der Waals surface area contributed by atoms with Crippen molar-refractivity contribution in [1.82, 2.24) is 10.3 Å². The fraction of sp³-hybridized carbons (Fsp3) is 0.615. The summed E-state index contributed by atoms with van der Waals surface area (Å²) in [5.74, 6) is -1.56. The normalized spacial score (nSPS) is 13.1. The number of carbonyl (C=O) groups excluding carboxylic acids is 1. The van der Waals surface area contributed by atoms with Gasteiger partial charge in [-0.25, -0.2) is 9.78 Å². The molecule has 0 aliphatic carbocycles. The maximum Gasteiger partial charge on any atom is 0.328 e. The van der Waals surface area contributed by atoms with E-state index in [0.717, 1.165) is 5.01 Å². The Kier molecular flexibility index (Phi) is 5.24. The van der Waals surface area contributed by atoms with E-state index in [1.165, 1.54) is 18.4 Å². The highest BCUT2D eigenvalue weighted by Crippen LogP contribution is 2.29. The summed E-state index contributed by atoms with van der Waals surface area (Å²) >= 11 is 1.29. The number of nitrogens with zero attached hydrogens (tertiary/aromatic N) is 1. The number of amides is 1. The Balaban J connectivity index is 2.92. The molecule has 1 aromatic rings. The number of carbonyl (C=O) groups is 2. The van der Waals surface area contributed by atoms with Crippen molar-refractivity contribution in [3.05, 3.63) is 15.6 Å². The first kappa shape index (κ1) is 16.6. The van der Waals surface area contributed by atoms with Crippen molar-refractivity contribution in [1.29, 1.82) is 0 Å². The van der Waals surface area contributed by atoms with Gasteiger partial charge in [0.2, 0.25) is 0 Å². The first-order valence-electron chi connectivity index (χ1n) is 6.17. The Bertz CT molecular complexity index is 505. The molecule has 0 spiro atoms. The predicted octanol–water partition coefficient (Wildman–Crippen LogP) is 1.58. The van der Waals surface area contributed by atoms with Gasteiger partial charge in [-0.3, -0.25) is 4.79 Å². The van der Waals surface area contributed by atoms with Gasteiger partial charge in [0, 0.05) is 12.5 Å². The van der Waals surface area contributed by atoms with E-state index in [2.05, 4.69) is 10.3 Å². The van der Waals surface area contributed by atoms with Gasteiger partial charge < -0.3 is 15.2 Å². The number of hydrogen-bond acceptors (Lipinski definition) is 5. The Morgan fingerprint density at radius 1 is 1.45 bits per heavy atom. The van der Waals surface area contributed by atoms with Gasteiger partial charge in [-0.1, -0.05) is 20.8 Å². The van der Waals surface area contributed by atoms with Gasteiger partial charge in [0.1, 0.15) is 4.88 Å². The molecule has 0 aliphatic heterocycles. The van der Waals surface area contributed by atoms with Crippen LogP contribution in [0.2, 0.25) is 0 Å². The van der Waals surface area contributed by atoms with Crippen molar-refractivity contribution in [2.45, 2.75) is 39.2 Å². The zero-order chi connectivity index (χ0) is 15.5. The second-order valence-corrected chi connectivity index (χ2v) is 6.50. The van der Waals surface area contributed by atoms with Crippen LogP contribution in [-0.4, -0.2) is 41.7 Å². The summed E-state index contributed by atoms with van der Waals surface area (Å²) < 4.78 is 4.78. The standard InChI is InChI=1S/C13H20N2O4S/c1-7-9(20-12(14-7)13(2,3)4)10(16)15-8(6-19-5)11(17)18/h8H,6H2,1-5H3,(H,15,16)(H,17,18). The van der Waals surface area contributed by atoms with Crippen molar-refractivity contribution >= 4 is 23.2 Å². The average molecular weight is 300 g/mol. The Hall–Kier alpha value is -1.47. The van der Waals surface area contributed by atoms with Crippen LogP contribution in [0.25, 0.3) is 0 Å². The number of carboxylic acid groups (broad SMARTS) is 1. The number of aromatic nitrogens is 1. The van der Waals surface area contributed by atoms with Crippen LogP contribution in [0.5, 0.6) is 0 Å². The van der Waals surface area contributed by atoms with Crippen molar-refractivity contribution in [2.24, 2.45) is 0 Å². The number of ether oxygens (including phenoxy) is 1. The molecule has 20 heavy (non-hydrogen) atoms. The van der Waals surface area contributed by atoms with Crippen molar-refractivity contribution < 1.29 is 19.4 Å². The Morgan fingerprint density at radius 2 is 2.05 bits per heavy atom. The van der Waals surface area contributed by atoms with Crippen LogP contribution in [0.4, 0.5) is 0 Å². The Morgan fingerprint density at radius 3 is 2.45 bits per heavy atom. The molecule has 2 N–H and O–H groups in total. The molecule has 6 nitrogen and oxygen atoms in total. The van der Waals surface area contributed by atoms with Crippen LogP contribution in [0, 0.1) is 6.92 Å². The van der Waals surface area contributed by atoms with E-state index in [1.807, 2.05) is 20.8 Å². The molecule has 1 heterocycles. The van der Waals surface area contributed by atoms with E-state index in [-0.39, 0.29) is 12.0 Å². The molecule has 1 aromatic heterocycles. The van der Waals surface area contributed by atoms with Crippen LogP contribution in [0.3, 0.4) is 0 Å². The van der Waals surface area contributed by atoms with Gasteiger partial charge in [-0.2, -0.15) is 0 Å². The van der Waals surface area contributed by atoms with Crippen molar-refractivity contribution in [3.8, 4) is 0 Å². The number of hydrogen-bond donors (Lipinski definition) is 2. The van der Waals surface area contributed by atoms with E-state index >= 15 is 0 Å². The lowest BCUT2D eigenvalue weighted by Crippen LogP contribution is -2.43. The number of methoxy groups -OCH3 is 1. The summed E-state index contributed by atoms with van der Waals surface area (Å²) in [6.45, 7) is 7.70. The van der Waals surface area contributed by atoms with Gasteiger partial charge >= 0.3 is 5.97 Å². The molecular formula is C13H20N2O4S. The summed E-state index contributed by atoms with van der Waals surface area (Å²) in [4.78, 5) is 28.0. The smallest absolute Gasteiger partial charge is 0.328 e. The third-order valence-corrected chi connectivity index (χ3v) is 4.16. The zero-order valence-electron chi connectivity index (χ0n) is 12.3. The minimum atomic E-state index is -1.13. The van der Waals surface area contributed by atoms with Gasteiger partial charge in [0.15, 0.2) is 6.04 Å². The summed E-state index contributed by atoms with van der Waals surface area (Å²) in [6.07, 6.45) is 0. The van der Waals surface area contributed by atoms with Gasteiger partial charge in [-0.05, 0) is 6.92 Å². The highest BCUT2D eigenvalue weighted by molar-refractivity contribution is 7.14. The number of nitrogens with one attached hydrogen (secondary N) is 1. The third-order valence-electron chi connectivity index (χ3n) is 2.58. The van der Waals surface area contributed by atoms with Crippen molar-refractivity contribution in [2.75, 3.05) is 13.7 Å². The lowest BCUT2D eigenvalue weighted by molar-refractivity contribution is -0.140. The van der Waals surface area contributed by atoms with Gasteiger partial charge in [0.05, 0.1) is 17.3 Å². The molecule has 112 valence electrons. The second-order valence-electron chi connectivity index (χ2n) is 5.50. The highest BCUT2D eigenvalue weighted by atomic mass is 32.1. The van der Waals surface area contributed by atoms with Gasteiger partial charge in [-0.15, -0.1) is 11.3 Å². The molecule has 7 heteroatoms. The van der Waals surface area contributed by atoms with Gasteiger partial charge in [0.25, 0.3) is 5.91 Å². The number of thiazole rings is 1. The number of rotatable bonds is 5. The van der Waals surface area contributed by atoms with Crippen LogP contribution < -0.4 is 5.32 Å². The lowest BCUT2D eigenvalue weighted by Gasteiger charge is -2.14. The maximum atomic E-state index is 12.1. The lowest BCUT2D eigenvalue weighted by atomic mass is 9.98. The molecule has 1 unspecified atom stereocenters. The first-order valence-corrected chi connectivity index (χ1v) is 6.99. The van der Waals surface area contributed by atoms with E-state index in [4.69, 9.17) is 9.84 Å². The molecule has 0 saturated carbocycles. The minimum absolute atomic E-state index is 0.0783. The third kappa shape index (κ3) is 4.01. The number of aliphatic carboxylic acids is 1. The largest absolute Gasteiger partial charge is 0.480 e. The molecular weight excluding hydrogens is 280 g/mol. The summed E-state index contributed by atoms with van der Waals surface area (Å²) in [5, 5.41) is 12.3. The fourth-order valence-electron chi connectivity index (χ4n) is 1.49. The first-order chi connectivity index (χ1) is 9.16. The fourth-order valence-corrected chi connectivity index (χ4v) is 2.52. The van der Waals surface area contributed by atoms with Crippen LogP contribution in [0.1, 0.15) is 41.1 Å². The summed E-state index contributed by atoms with van der Waals surface area (Å²) in [5.41, 5.74) is 0.464. The SMILES string of the molecule is COCC(NC(=O)c1sc(C(C)(C)C)nc1C)C(=O)O. The molecule has 0 fully saturated rings. The second kappa shape index (κ2) is 6.32. The average Bonchev–Trinajstić information content (AvgIpc) is 2.70. The molecule has 1 rings (SSSR count). The topological polar surface area (TPSA) is 88.5 Å². The molecule has 0 saturated heterocycles. The van der Waals surface area contributed by atoms with E-state index < -0.39 is 17.9 Å². The summed E-state index contributed by atoms with van der Waals surface area (Å²) in [7, 11) is 1.39.